The van der Waals surface area contributed by atoms with Crippen molar-refractivity contribution in [1.82, 2.24) is 16.0 Å². The fourth-order valence-corrected chi connectivity index (χ4v) is 3.71. The molecule has 9 heteroatoms. The Balaban J connectivity index is 2.87. The third kappa shape index (κ3) is 10.3. The summed E-state index contributed by atoms with van der Waals surface area (Å²) in [6.07, 6.45) is 1.38. The number of carboxylic acids is 1. The van der Waals surface area contributed by atoms with Crippen molar-refractivity contribution >= 4 is 36.0 Å². The minimum Gasteiger partial charge on any atom is -0.480 e. The molecule has 31 heavy (non-hydrogen) atoms. The van der Waals surface area contributed by atoms with E-state index in [-0.39, 0.29) is 12.3 Å². The minimum atomic E-state index is -1.15. The number of carboxylic acid groups (broad SMARTS) is 1. The lowest BCUT2D eigenvalue weighted by atomic mass is 10.0. The number of carbonyl (C=O) groups is 4. The van der Waals surface area contributed by atoms with Gasteiger partial charge in [-0.2, -0.15) is 11.8 Å². The zero-order valence-electron chi connectivity index (χ0n) is 18.3. The van der Waals surface area contributed by atoms with Crippen molar-refractivity contribution in [2.75, 3.05) is 11.5 Å². The molecule has 4 N–H and O–H groups in total. The highest BCUT2D eigenvalue weighted by molar-refractivity contribution is 7.99. The molecule has 1 aromatic rings. The van der Waals surface area contributed by atoms with E-state index in [1.807, 2.05) is 26.8 Å². The van der Waals surface area contributed by atoms with E-state index in [0.717, 1.165) is 11.3 Å². The second-order valence-electron chi connectivity index (χ2n) is 7.60. The highest BCUT2D eigenvalue weighted by Gasteiger charge is 2.29. The number of hydrogen-bond acceptors (Lipinski definition) is 5. The lowest BCUT2D eigenvalue weighted by Crippen LogP contribution is -2.55. The molecule has 0 aliphatic carbocycles. The maximum Gasteiger partial charge on any atom is 0.326 e. The summed E-state index contributed by atoms with van der Waals surface area (Å²) in [5.74, 6) is -0.497. The number of nitrogens with one attached hydrogen (secondary N) is 3. The molecular weight excluding hydrogens is 418 g/mol. The zero-order valence-corrected chi connectivity index (χ0v) is 19.1. The van der Waals surface area contributed by atoms with E-state index in [4.69, 9.17) is 0 Å². The highest BCUT2D eigenvalue weighted by atomic mass is 32.2. The summed E-state index contributed by atoms with van der Waals surface area (Å²) in [7, 11) is 0. The van der Waals surface area contributed by atoms with Crippen molar-refractivity contribution in [2.24, 2.45) is 5.92 Å². The molecular formula is C22H33N3O5S. The van der Waals surface area contributed by atoms with Gasteiger partial charge in [-0.3, -0.25) is 14.4 Å². The van der Waals surface area contributed by atoms with Crippen LogP contribution in [0.2, 0.25) is 0 Å². The molecule has 3 unspecified atom stereocenters. The smallest absolute Gasteiger partial charge is 0.326 e. The average Bonchev–Trinajstić information content (AvgIpc) is 2.72. The first-order valence-electron chi connectivity index (χ1n) is 10.4. The summed E-state index contributed by atoms with van der Waals surface area (Å²) in [5.41, 5.74) is 0.781. The van der Waals surface area contributed by atoms with Crippen molar-refractivity contribution in [3.8, 4) is 0 Å². The van der Waals surface area contributed by atoms with Crippen LogP contribution in [0.15, 0.2) is 30.3 Å². The van der Waals surface area contributed by atoms with Crippen LogP contribution < -0.4 is 16.0 Å². The lowest BCUT2D eigenvalue weighted by Gasteiger charge is -2.25. The maximum atomic E-state index is 12.9. The van der Waals surface area contributed by atoms with Crippen LogP contribution in [0.1, 0.15) is 39.2 Å². The molecule has 0 bridgehead atoms. The molecule has 0 saturated carbocycles. The Morgan fingerprint density at radius 3 is 2.19 bits per heavy atom. The third-order valence-electron chi connectivity index (χ3n) is 4.58. The first-order chi connectivity index (χ1) is 14.8. The van der Waals surface area contributed by atoms with Crippen molar-refractivity contribution in [3.63, 3.8) is 0 Å². The van der Waals surface area contributed by atoms with E-state index in [1.165, 1.54) is 0 Å². The summed E-state index contributed by atoms with van der Waals surface area (Å²) < 4.78 is 0. The molecule has 0 saturated heterocycles. The standard InChI is InChI=1S/C22H33N3O5S/c1-4-31-11-10-17(23-14-26)20(27)24-18(12-15(2)3)21(28)25-19(22(29)30)13-16-8-6-5-7-9-16/h5-9,14-15,17-19H,4,10-13H2,1-3H3,(H,23,26)(H,24,27)(H,25,28)(H,29,30). The molecule has 0 radical (unpaired) electrons. The second kappa shape index (κ2) is 14.5. The van der Waals surface area contributed by atoms with E-state index in [2.05, 4.69) is 16.0 Å². The summed E-state index contributed by atoms with van der Waals surface area (Å²) >= 11 is 1.65. The van der Waals surface area contributed by atoms with Gasteiger partial charge >= 0.3 is 5.97 Å². The minimum absolute atomic E-state index is 0.0848. The Labute approximate surface area is 187 Å². The molecule has 172 valence electrons. The van der Waals surface area contributed by atoms with Crippen LogP contribution >= 0.6 is 11.8 Å². The van der Waals surface area contributed by atoms with Crippen LogP contribution in [-0.4, -0.2) is 58.9 Å². The second-order valence-corrected chi connectivity index (χ2v) is 9.00. The molecule has 3 amide bonds. The fraction of sp³-hybridized carbons (Fsp3) is 0.545. The largest absolute Gasteiger partial charge is 0.480 e. The van der Waals surface area contributed by atoms with Crippen LogP contribution in [0.4, 0.5) is 0 Å². The quantitative estimate of drug-likeness (QED) is 0.237. The number of thioether (sulfide) groups is 1. The maximum absolute atomic E-state index is 12.9. The first-order valence-corrected chi connectivity index (χ1v) is 11.6. The molecule has 0 fully saturated rings. The number of benzene rings is 1. The number of aliphatic carboxylic acids is 1. The third-order valence-corrected chi connectivity index (χ3v) is 5.51. The number of hydrogen-bond donors (Lipinski definition) is 4. The average molecular weight is 452 g/mol. The highest BCUT2D eigenvalue weighted by Crippen LogP contribution is 2.10. The Kier molecular flexibility index (Phi) is 12.3. The molecule has 0 spiro atoms. The molecule has 1 aromatic carbocycles. The van der Waals surface area contributed by atoms with E-state index in [9.17, 15) is 24.3 Å². The van der Waals surface area contributed by atoms with Gasteiger partial charge < -0.3 is 21.1 Å². The molecule has 3 atom stereocenters. The molecule has 1 rings (SSSR count). The molecule has 8 nitrogen and oxygen atoms in total. The van der Waals surface area contributed by atoms with Gasteiger partial charge in [0, 0.05) is 6.42 Å². The van der Waals surface area contributed by atoms with Crippen LogP contribution in [0.3, 0.4) is 0 Å². The van der Waals surface area contributed by atoms with Crippen LogP contribution in [0.5, 0.6) is 0 Å². The molecule has 0 aliphatic heterocycles. The number of carbonyl (C=O) groups excluding carboxylic acids is 3. The van der Waals surface area contributed by atoms with Gasteiger partial charge in [-0.05, 0) is 35.8 Å². The van der Waals surface area contributed by atoms with E-state index in [1.54, 1.807) is 36.0 Å². The zero-order chi connectivity index (χ0) is 23.2. The van der Waals surface area contributed by atoms with Gasteiger partial charge in [-0.25, -0.2) is 4.79 Å². The number of rotatable bonds is 15. The van der Waals surface area contributed by atoms with Gasteiger partial charge in [0.25, 0.3) is 0 Å². The molecule has 0 heterocycles. The Bertz CT molecular complexity index is 714. The predicted octanol–water partition coefficient (Wildman–Crippen LogP) is 1.59. The van der Waals surface area contributed by atoms with Crippen LogP contribution in [-0.2, 0) is 25.6 Å². The predicted molar refractivity (Wildman–Crippen MR) is 122 cm³/mol. The van der Waals surface area contributed by atoms with E-state index >= 15 is 0 Å². The van der Waals surface area contributed by atoms with Crippen LogP contribution in [0.25, 0.3) is 0 Å². The van der Waals surface area contributed by atoms with Crippen molar-refractivity contribution < 1.29 is 24.3 Å². The van der Waals surface area contributed by atoms with Crippen molar-refractivity contribution in [3.05, 3.63) is 35.9 Å². The summed E-state index contributed by atoms with van der Waals surface area (Å²) in [6, 6.07) is 6.24. The van der Waals surface area contributed by atoms with Gasteiger partial charge in [0.2, 0.25) is 18.2 Å². The van der Waals surface area contributed by atoms with Crippen molar-refractivity contribution in [2.45, 2.75) is 58.2 Å². The summed E-state index contributed by atoms with van der Waals surface area (Å²) in [5, 5.41) is 17.3. The fourth-order valence-electron chi connectivity index (χ4n) is 3.02. The normalized spacial score (nSPS) is 13.7. The Hall–Kier alpha value is -2.55. The Morgan fingerprint density at radius 2 is 1.65 bits per heavy atom. The van der Waals surface area contributed by atoms with Crippen molar-refractivity contribution in [1.29, 1.82) is 0 Å². The van der Waals surface area contributed by atoms with E-state index < -0.39 is 35.9 Å². The van der Waals surface area contributed by atoms with Crippen LogP contribution in [0, 0.1) is 5.92 Å². The molecule has 0 aromatic heterocycles. The first kappa shape index (κ1) is 26.5. The van der Waals surface area contributed by atoms with Gasteiger partial charge in [-0.15, -0.1) is 0 Å². The van der Waals surface area contributed by atoms with Gasteiger partial charge in [0.05, 0.1) is 0 Å². The van der Waals surface area contributed by atoms with Gasteiger partial charge in [0.1, 0.15) is 18.1 Å². The van der Waals surface area contributed by atoms with Gasteiger partial charge in [0.15, 0.2) is 0 Å². The topological polar surface area (TPSA) is 125 Å². The Morgan fingerprint density at radius 1 is 1.03 bits per heavy atom. The van der Waals surface area contributed by atoms with Gasteiger partial charge in [-0.1, -0.05) is 51.1 Å². The monoisotopic (exact) mass is 451 g/mol. The lowest BCUT2D eigenvalue weighted by molar-refractivity contribution is -0.142. The summed E-state index contributed by atoms with van der Waals surface area (Å²) in [6.45, 7) is 5.82. The SMILES string of the molecule is CCSCCC(NC=O)C(=O)NC(CC(C)C)C(=O)NC(Cc1ccccc1)C(=O)O. The number of amides is 3. The molecule has 0 aliphatic rings. The van der Waals surface area contributed by atoms with E-state index in [0.29, 0.717) is 25.0 Å². The summed E-state index contributed by atoms with van der Waals surface area (Å²) in [4.78, 5) is 48.2.